The molecule has 0 saturated heterocycles. The summed E-state index contributed by atoms with van der Waals surface area (Å²) in [5, 5.41) is 14.5. The Kier molecular flexibility index (Phi) is 6.61. The summed E-state index contributed by atoms with van der Waals surface area (Å²) in [4.78, 5) is 0. The molecule has 0 spiro atoms. The average molecular weight is 575 g/mol. The minimum absolute atomic E-state index is 0.308. The summed E-state index contributed by atoms with van der Waals surface area (Å²) in [6.45, 7) is 12.8. The minimum atomic E-state index is -0.351. The van der Waals surface area contributed by atoms with Crippen LogP contribution in [0.3, 0.4) is 0 Å². The fraction of sp³-hybridized carbons (Fsp3) is 0.500. The van der Waals surface area contributed by atoms with Gasteiger partial charge in [-0.2, -0.15) is 0 Å². The summed E-state index contributed by atoms with van der Waals surface area (Å²) >= 11 is 11.0. The van der Waals surface area contributed by atoms with Crippen molar-refractivity contribution in [2.24, 2.45) is 0 Å². The molecular formula is C18H24BBr3N6-. The van der Waals surface area contributed by atoms with Gasteiger partial charge in [-0.25, -0.2) is 15.3 Å². The van der Waals surface area contributed by atoms with Crippen LogP contribution >= 0.6 is 47.8 Å². The molecule has 0 aliphatic rings. The van der Waals surface area contributed by atoms with Crippen LogP contribution in [0.5, 0.6) is 0 Å². The molecule has 151 valence electrons. The molecule has 3 aromatic heterocycles. The van der Waals surface area contributed by atoms with E-state index in [1.165, 1.54) is 0 Å². The maximum Gasteiger partial charge on any atom is 0.260 e. The summed E-state index contributed by atoms with van der Waals surface area (Å²) in [6.07, 6.45) is 5.99. The van der Waals surface area contributed by atoms with Crippen LogP contribution in [0.4, 0.5) is 0 Å². The topological polar surface area (TPSA) is 53.5 Å². The Labute approximate surface area is 191 Å². The molecule has 0 saturated carbocycles. The van der Waals surface area contributed by atoms with Crippen LogP contribution in [0.1, 0.15) is 76.4 Å². The highest BCUT2D eigenvalue weighted by molar-refractivity contribution is 9.11. The van der Waals surface area contributed by atoms with Gasteiger partial charge in [0.1, 0.15) is 0 Å². The Hall–Kier alpha value is -0.865. The first-order valence-corrected chi connectivity index (χ1v) is 11.7. The zero-order valence-corrected chi connectivity index (χ0v) is 21.6. The summed E-state index contributed by atoms with van der Waals surface area (Å²) in [5.41, 5.74) is 3.03. The van der Waals surface area contributed by atoms with E-state index in [1.54, 1.807) is 0 Å². The van der Waals surface area contributed by atoms with Gasteiger partial charge < -0.3 is 13.8 Å². The highest BCUT2D eigenvalue weighted by atomic mass is 79.9. The zero-order valence-electron chi connectivity index (χ0n) is 16.9. The van der Waals surface area contributed by atoms with Crippen LogP contribution in [-0.2, 0) is 0 Å². The van der Waals surface area contributed by atoms with Crippen molar-refractivity contribution in [3.63, 3.8) is 0 Å². The lowest BCUT2D eigenvalue weighted by molar-refractivity contribution is 0.710. The molecule has 0 unspecified atom stereocenters. The monoisotopic (exact) mass is 572 g/mol. The quantitative estimate of drug-likeness (QED) is 0.347. The SMILES string of the molecule is CC(C)c1nn([B-](n2cc(Br)c(C(C)C)n2)n2cc(Br)c(C(C)C)n2)cc1Br. The summed E-state index contributed by atoms with van der Waals surface area (Å²) < 4.78 is 8.68. The fourth-order valence-electron chi connectivity index (χ4n) is 3.04. The first kappa shape index (κ1) is 21.8. The molecule has 6 nitrogen and oxygen atoms in total. The van der Waals surface area contributed by atoms with Crippen LogP contribution in [0.2, 0.25) is 0 Å². The van der Waals surface area contributed by atoms with Gasteiger partial charge in [-0.1, -0.05) is 41.5 Å². The molecule has 0 bridgehead atoms. The molecule has 0 aliphatic heterocycles. The lowest BCUT2D eigenvalue weighted by atomic mass is 9.96. The third-order valence-corrected chi connectivity index (χ3v) is 6.32. The smallest absolute Gasteiger partial charge is 0.260 e. The number of hydrogen-bond donors (Lipinski definition) is 0. The van der Waals surface area contributed by atoms with Crippen molar-refractivity contribution < 1.29 is 0 Å². The van der Waals surface area contributed by atoms with Gasteiger partial charge in [0.25, 0.3) is 7.12 Å². The Balaban J connectivity index is 2.18. The first-order valence-electron chi connectivity index (χ1n) is 9.33. The molecule has 0 N–H and O–H groups in total. The normalized spacial score (nSPS) is 12.3. The third-order valence-electron chi connectivity index (χ3n) is 4.49. The predicted molar refractivity (Wildman–Crippen MR) is 124 cm³/mol. The number of halogens is 3. The molecule has 3 rings (SSSR count). The first-order chi connectivity index (χ1) is 13.1. The molecule has 0 aromatic carbocycles. The molecule has 0 atom stereocenters. The van der Waals surface area contributed by atoms with Crippen LogP contribution in [0, 0.1) is 0 Å². The highest BCUT2D eigenvalue weighted by Gasteiger charge is 2.20. The second-order valence-electron chi connectivity index (χ2n) is 7.84. The van der Waals surface area contributed by atoms with Gasteiger partial charge in [-0.15, -0.1) is 0 Å². The number of rotatable bonds is 6. The Bertz CT molecular complexity index is 848. The summed E-state index contributed by atoms with van der Waals surface area (Å²) in [7, 11) is -0.351. The number of aromatic nitrogens is 6. The van der Waals surface area contributed by atoms with Crippen LogP contribution in [0.25, 0.3) is 0 Å². The number of hydrogen-bond acceptors (Lipinski definition) is 3. The molecular weight excluding hydrogens is 551 g/mol. The Morgan fingerprint density at radius 2 is 0.857 bits per heavy atom. The van der Waals surface area contributed by atoms with Crippen molar-refractivity contribution in [2.75, 3.05) is 0 Å². The summed E-state index contributed by atoms with van der Waals surface area (Å²) in [5.74, 6) is 0.923. The second-order valence-corrected chi connectivity index (χ2v) is 10.4. The average Bonchev–Trinajstić information content (AvgIpc) is 3.26. The van der Waals surface area contributed by atoms with Gasteiger partial charge in [-0.3, -0.25) is 0 Å². The summed E-state index contributed by atoms with van der Waals surface area (Å²) in [6, 6.07) is 0. The molecule has 10 heteroatoms. The van der Waals surface area contributed by atoms with E-state index in [9.17, 15) is 0 Å². The predicted octanol–water partition coefficient (Wildman–Crippen LogP) is 5.86. The Morgan fingerprint density at radius 3 is 1.04 bits per heavy atom. The van der Waals surface area contributed by atoms with E-state index >= 15 is 0 Å². The van der Waals surface area contributed by atoms with Crippen molar-refractivity contribution in [2.45, 2.75) is 59.3 Å². The van der Waals surface area contributed by atoms with E-state index < -0.39 is 0 Å². The Morgan fingerprint density at radius 1 is 0.607 bits per heavy atom. The molecule has 0 amide bonds. The van der Waals surface area contributed by atoms with Crippen LogP contribution in [0.15, 0.2) is 32.0 Å². The van der Waals surface area contributed by atoms with Gasteiger partial charge in [-0.05, 0) is 84.1 Å². The standard InChI is InChI=1S/C18H24BBr3N6/c1-10(2)16-13(20)7-26(23-16)19(27-8-14(21)17(24-27)11(3)4)28-9-15(22)18(25-28)12(5)6/h7-12H,1-6H3/q-1. The van der Waals surface area contributed by atoms with Crippen molar-refractivity contribution in [3.05, 3.63) is 49.1 Å². The minimum Gasteiger partial charge on any atom is -0.424 e. The lowest BCUT2D eigenvalue weighted by Gasteiger charge is -2.29. The molecule has 3 aromatic rings. The van der Waals surface area contributed by atoms with E-state index in [4.69, 9.17) is 15.3 Å². The number of nitrogens with zero attached hydrogens (tertiary/aromatic N) is 6. The van der Waals surface area contributed by atoms with Crippen molar-refractivity contribution in [1.29, 1.82) is 0 Å². The van der Waals surface area contributed by atoms with Crippen LogP contribution < -0.4 is 0 Å². The van der Waals surface area contributed by atoms with Gasteiger partial charge >= 0.3 is 0 Å². The van der Waals surface area contributed by atoms with E-state index in [0.717, 1.165) is 30.5 Å². The van der Waals surface area contributed by atoms with E-state index in [0.29, 0.717) is 17.8 Å². The van der Waals surface area contributed by atoms with E-state index in [2.05, 4.69) is 89.3 Å². The van der Waals surface area contributed by atoms with Crippen molar-refractivity contribution >= 4 is 54.9 Å². The molecule has 0 fully saturated rings. The highest BCUT2D eigenvalue weighted by Crippen LogP contribution is 2.27. The lowest BCUT2D eigenvalue weighted by Crippen LogP contribution is -2.43. The zero-order chi connectivity index (χ0) is 20.7. The second kappa shape index (κ2) is 8.48. The molecule has 0 aliphatic carbocycles. The van der Waals surface area contributed by atoms with Gasteiger partial charge in [0.2, 0.25) is 0 Å². The maximum atomic E-state index is 4.85. The van der Waals surface area contributed by atoms with Crippen LogP contribution in [-0.4, -0.2) is 36.2 Å². The fourth-order valence-corrected chi connectivity index (χ4v) is 5.28. The largest absolute Gasteiger partial charge is 0.424 e. The molecule has 3 heterocycles. The van der Waals surface area contributed by atoms with E-state index in [-0.39, 0.29) is 7.12 Å². The maximum absolute atomic E-state index is 4.85. The van der Waals surface area contributed by atoms with Gasteiger partial charge in [0.05, 0.1) is 30.5 Å². The van der Waals surface area contributed by atoms with Gasteiger partial charge in [0, 0.05) is 0 Å². The van der Waals surface area contributed by atoms with E-state index in [1.807, 2.05) is 32.4 Å². The van der Waals surface area contributed by atoms with Gasteiger partial charge in [0.15, 0.2) is 0 Å². The van der Waals surface area contributed by atoms with Crippen molar-refractivity contribution in [1.82, 2.24) is 29.1 Å². The molecule has 1 radical (unpaired) electrons. The molecule has 28 heavy (non-hydrogen) atoms. The van der Waals surface area contributed by atoms with Crippen molar-refractivity contribution in [3.8, 4) is 0 Å². The third kappa shape index (κ3) is 4.19.